The van der Waals surface area contributed by atoms with Crippen molar-refractivity contribution in [2.45, 2.75) is 12.7 Å². The van der Waals surface area contributed by atoms with E-state index in [0.29, 0.717) is 5.56 Å². The number of carbonyl (C=O) groups excluding carboxylic acids is 1. The number of amides is 1. The molecule has 0 spiro atoms. The van der Waals surface area contributed by atoms with Crippen LogP contribution < -0.4 is 4.90 Å². The lowest BCUT2D eigenvalue weighted by atomic mass is 10.2. The average Bonchev–Trinajstić information content (AvgIpc) is 2.59. The molecule has 1 saturated heterocycles. The van der Waals surface area contributed by atoms with Crippen LogP contribution in [0.3, 0.4) is 0 Å². The number of nitrogens with zero attached hydrogens (tertiary/aromatic N) is 4. The van der Waals surface area contributed by atoms with Gasteiger partial charge in [-0.15, -0.1) is 0 Å². The van der Waals surface area contributed by atoms with Gasteiger partial charge < -0.3 is 9.80 Å². The number of anilines is 1. The first-order valence-electron chi connectivity index (χ1n) is 7.60. The van der Waals surface area contributed by atoms with Crippen LogP contribution >= 0.6 is 0 Å². The van der Waals surface area contributed by atoms with Gasteiger partial charge in [-0.2, -0.15) is 13.2 Å². The summed E-state index contributed by atoms with van der Waals surface area (Å²) in [6.45, 7) is 0.381. The first-order chi connectivity index (χ1) is 12.2. The maximum absolute atomic E-state index is 13.3. The van der Waals surface area contributed by atoms with Gasteiger partial charge >= 0.3 is 6.18 Å². The molecule has 0 saturated carbocycles. The van der Waals surface area contributed by atoms with Gasteiger partial charge in [0.1, 0.15) is 17.8 Å². The SMILES string of the molecule is O=C1CN(c2cc(C(F)(F)F)ncn2)CCN1Cc1ccc(F)c(F)c1. The fourth-order valence-electron chi connectivity index (χ4n) is 2.60. The normalized spacial score (nSPS) is 15.5. The Kier molecular flexibility index (Phi) is 4.75. The van der Waals surface area contributed by atoms with Crippen LogP contribution in [0, 0.1) is 11.6 Å². The molecule has 0 unspecified atom stereocenters. The van der Waals surface area contributed by atoms with Gasteiger partial charge in [-0.1, -0.05) is 6.07 Å². The second-order valence-corrected chi connectivity index (χ2v) is 5.74. The van der Waals surface area contributed by atoms with E-state index in [-0.39, 0.29) is 37.9 Å². The maximum atomic E-state index is 13.3. The van der Waals surface area contributed by atoms with E-state index < -0.39 is 23.5 Å². The van der Waals surface area contributed by atoms with Crippen molar-refractivity contribution < 1.29 is 26.7 Å². The van der Waals surface area contributed by atoms with E-state index in [9.17, 15) is 26.7 Å². The standard InChI is InChI=1S/C16H13F5N4O/c17-11-2-1-10(5-12(11)18)7-25-4-3-24(8-15(25)26)14-6-13(16(19,20)21)22-9-23-14/h1-2,5-6,9H,3-4,7-8H2. The molecule has 1 aliphatic rings. The molecule has 1 amide bonds. The Labute approximate surface area is 145 Å². The first-order valence-corrected chi connectivity index (χ1v) is 7.60. The van der Waals surface area contributed by atoms with Crippen molar-refractivity contribution in [3.63, 3.8) is 0 Å². The number of hydrogen-bond donors (Lipinski definition) is 0. The van der Waals surface area contributed by atoms with Crippen LogP contribution in [-0.2, 0) is 17.5 Å². The van der Waals surface area contributed by atoms with Crippen LogP contribution in [0.2, 0.25) is 0 Å². The van der Waals surface area contributed by atoms with Gasteiger partial charge in [0.05, 0.1) is 6.54 Å². The molecule has 1 aliphatic heterocycles. The summed E-state index contributed by atoms with van der Waals surface area (Å²) in [5.74, 6) is -2.33. The summed E-state index contributed by atoms with van der Waals surface area (Å²) in [4.78, 5) is 22.1. The molecular formula is C16H13F5N4O. The van der Waals surface area contributed by atoms with E-state index in [1.165, 1.54) is 15.9 Å². The van der Waals surface area contributed by atoms with Gasteiger partial charge in [0, 0.05) is 25.7 Å². The second-order valence-electron chi connectivity index (χ2n) is 5.74. The van der Waals surface area contributed by atoms with Crippen molar-refractivity contribution >= 4 is 11.7 Å². The van der Waals surface area contributed by atoms with Crippen LogP contribution in [0.5, 0.6) is 0 Å². The van der Waals surface area contributed by atoms with Crippen LogP contribution in [-0.4, -0.2) is 40.4 Å². The summed E-state index contributed by atoms with van der Waals surface area (Å²) in [6.07, 6.45) is -3.80. The molecule has 1 fully saturated rings. The minimum absolute atomic E-state index is 0.00755. The molecule has 26 heavy (non-hydrogen) atoms. The number of carbonyl (C=O) groups is 1. The Balaban J connectivity index is 1.69. The lowest BCUT2D eigenvalue weighted by Crippen LogP contribution is -2.50. The lowest BCUT2D eigenvalue weighted by Gasteiger charge is -2.35. The lowest BCUT2D eigenvalue weighted by molar-refractivity contribution is -0.141. The quantitative estimate of drug-likeness (QED) is 0.778. The Morgan fingerprint density at radius 2 is 1.81 bits per heavy atom. The van der Waals surface area contributed by atoms with Crippen molar-refractivity contribution in [2.75, 3.05) is 24.5 Å². The summed E-state index contributed by atoms with van der Waals surface area (Å²) in [6, 6.07) is 4.15. The number of rotatable bonds is 3. The zero-order valence-corrected chi connectivity index (χ0v) is 13.3. The third-order valence-corrected chi connectivity index (χ3v) is 3.94. The number of aromatic nitrogens is 2. The molecule has 1 aromatic carbocycles. The van der Waals surface area contributed by atoms with Gasteiger partial charge in [0.15, 0.2) is 11.6 Å². The smallest absolute Gasteiger partial charge is 0.345 e. The molecule has 138 valence electrons. The molecule has 0 aliphatic carbocycles. The van der Waals surface area contributed by atoms with Crippen molar-refractivity contribution in [3.8, 4) is 0 Å². The molecule has 2 aromatic rings. The van der Waals surface area contributed by atoms with E-state index in [4.69, 9.17) is 0 Å². The van der Waals surface area contributed by atoms with Gasteiger partial charge in [-0.05, 0) is 17.7 Å². The molecule has 0 bridgehead atoms. The van der Waals surface area contributed by atoms with Crippen molar-refractivity contribution in [1.82, 2.24) is 14.9 Å². The van der Waals surface area contributed by atoms with Gasteiger partial charge in [0.25, 0.3) is 0 Å². The molecular weight excluding hydrogens is 359 g/mol. The first kappa shape index (κ1) is 18.0. The Morgan fingerprint density at radius 1 is 1.04 bits per heavy atom. The van der Waals surface area contributed by atoms with E-state index in [1.54, 1.807) is 0 Å². The Bertz CT molecular complexity index is 827. The predicted molar refractivity (Wildman–Crippen MR) is 81.0 cm³/mol. The second kappa shape index (κ2) is 6.85. The van der Waals surface area contributed by atoms with E-state index in [2.05, 4.69) is 9.97 Å². The van der Waals surface area contributed by atoms with Gasteiger partial charge in [-0.3, -0.25) is 4.79 Å². The fraction of sp³-hybridized carbons (Fsp3) is 0.312. The summed E-state index contributed by atoms with van der Waals surface area (Å²) in [5.41, 5.74) is -0.661. The monoisotopic (exact) mass is 372 g/mol. The van der Waals surface area contributed by atoms with E-state index >= 15 is 0 Å². The maximum Gasteiger partial charge on any atom is 0.433 e. The molecule has 1 aromatic heterocycles. The number of benzene rings is 1. The zero-order valence-electron chi connectivity index (χ0n) is 13.3. The zero-order chi connectivity index (χ0) is 18.9. The van der Waals surface area contributed by atoms with Crippen LogP contribution in [0.25, 0.3) is 0 Å². The summed E-state index contributed by atoms with van der Waals surface area (Å²) >= 11 is 0. The Hall–Kier alpha value is -2.78. The van der Waals surface area contributed by atoms with Crippen LogP contribution in [0.15, 0.2) is 30.6 Å². The molecule has 5 nitrogen and oxygen atoms in total. The molecule has 0 atom stereocenters. The summed E-state index contributed by atoms with van der Waals surface area (Å²) < 4.78 is 64.4. The largest absolute Gasteiger partial charge is 0.433 e. The highest BCUT2D eigenvalue weighted by Crippen LogP contribution is 2.29. The van der Waals surface area contributed by atoms with Crippen LogP contribution in [0.4, 0.5) is 27.8 Å². The molecule has 0 N–H and O–H groups in total. The highest BCUT2D eigenvalue weighted by Gasteiger charge is 2.34. The van der Waals surface area contributed by atoms with E-state index in [0.717, 1.165) is 24.5 Å². The van der Waals surface area contributed by atoms with Crippen LogP contribution in [0.1, 0.15) is 11.3 Å². The third kappa shape index (κ3) is 3.89. The highest BCUT2D eigenvalue weighted by atomic mass is 19.4. The summed E-state index contributed by atoms with van der Waals surface area (Å²) in [7, 11) is 0. The minimum atomic E-state index is -4.60. The fourth-order valence-corrected chi connectivity index (χ4v) is 2.60. The molecule has 2 heterocycles. The predicted octanol–water partition coefficient (Wildman–Crippen LogP) is 2.62. The molecule has 3 rings (SSSR count). The number of hydrogen-bond acceptors (Lipinski definition) is 4. The Morgan fingerprint density at radius 3 is 2.46 bits per heavy atom. The van der Waals surface area contributed by atoms with Crippen molar-refractivity contribution in [2.24, 2.45) is 0 Å². The third-order valence-electron chi connectivity index (χ3n) is 3.94. The number of piperazine rings is 1. The molecule has 10 heteroatoms. The average molecular weight is 372 g/mol. The minimum Gasteiger partial charge on any atom is -0.345 e. The van der Waals surface area contributed by atoms with Crippen molar-refractivity contribution in [1.29, 1.82) is 0 Å². The number of alkyl halides is 3. The topological polar surface area (TPSA) is 49.3 Å². The van der Waals surface area contributed by atoms with E-state index in [1.807, 2.05) is 0 Å². The van der Waals surface area contributed by atoms with Gasteiger partial charge in [0.2, 0.25) is 5.91 Å². The summed E-state index contributed by atoms with van der Waals surface area (Å²) in [5, 5.41) is 0. The van der Waals surface area contributed by atoms with Gasteiger partial charge in [-0.25, -0.2) is 18.7 Å². The van der Waals surface area contributed by atoms with Crippen molar-refractivity contribution in [3.05, 3.63) is 53.5 Å². The molecule has 0 radical (unpaired) electrons. The highest BCUT2D eigenvalue weighted by molar-refractivity contribution is 5.82. The number of halogens is 5.